The lowest BCUT2D eigenvalue weighted by Crippen LogP contribution is -2.30. The molecule has 1 atom stereocenters. The van der Waals surface area contributed by atoms with E-state index in [1.54, 1.807) is 6.92 Å². The fourth-order valence-electron chi connectivity index (χ4n) is 5.20. The number of ether oxygens (including phenoxy) is 1. The van der Waals surface area contributed by atoms with Crippen molar-refractivity contribution in [2.75, 3.05) is 6.61 Å². The van der Waals surface area contributed by atoms with Crippen LogP contribution in [0.4, 0.5) is 0 Å². The van der Waals surface area contributed by atoms with Crippen molar-refractivity contribution in [2.45, 2.75) is 64.5 Å². The molecule has 2 heterocycles. The summed E-state index contributed by atoms with van der Waals surface area (Å²) in [4.78, 5) is 28.6. The minimum absolute atomic E-state index is 0.0384. The van der Waals surface area contributed by atoms with Gasteiger partial charge >= 0.3 is 5.97 Å². The number of carboxylic acid groups (broad SMARTS) is 1. The van der Waals surface area contributed by atoms with E-state index in [1.165, 1.54) is 36.8 Å². The standard InChI is InChI=1S/C26H31N3O5/c1-3-18-20(12-17-10-6-7-11-19(17)16-8-4-5-9-16)29-13-15(2)28-26(34-14-21(30)31)23(29)22(18)24(32)25(27)33/h6-7,10-11,13,16,25,33H,3-5,8-9,12,14,27H2,1-2H3,(H,30,31). The highest BCUT2D eigenvalue weighted by molar-refractivity contribution is 6.08. The third kappa shape index (κ3) is 4.56. The number of nitrogens with two attached hydrogens (primary N) is 1. The number of hydrogen-bond acceptors (Lipinski definition) is 6. The van der Waals surface area contributed by atoms with Crippen molar-refractivity contribution in [1.29, 1.82) is 0 Å². The van der Waals surface area contributed by atoms with E-state index < -0.39 is 24.6 Å². The van der Waals surface area contributed by atoms with Gasteiger partial charge in [-0.15, -0.1) is 0 Å². The van der Waals surface area contributed by atoms with Crippen molar-refractivity contribution in [1.82, 2.24) is 9.38 Å². The number of Topliss-reactive ketones (excluding diaryl/α,β-unsaturated/α-hetero) is 1. The number of aryl methyl sites for hydroxylation is 1. The summed E-state index contributed by atoms with van der Waals surface area (Å²) < 4.78 is 7.35. The van der Waals surface area contributed by atoms with Gasteiger partial charge in [-0.2, -0.15) is 0 Å². The minimum atomic E-state index is -1.70. The summed E-state index contributed by atoms with van der Waals surface area (Å²) in [5.41, 5.74) is 10.9. The number of fused-ring (bicyclic) bond motifs is 1. The van der Waals surface area contributed by atoms with Crippen LogP contribution in [-0.2, 0) is 17.6 Å². The maximum Gasteiger partial charge on any atom is 0.341 e. The van der Waals surface area contributed by atoms with E-state index >= 15 is 0 Å². The number of ketones is 1. The molecule has 1 fully saturated rings. The van der Waals surface area contributed by atoms with E-state index in [4.69, 9.17) is 15.6 Å². The zero-order valence-corrected chi connectivity index (χ0v) is 19.6. The van der Waals surface area contributed by atoms with E-state index in [0.717, 1.165) is 11.3 Å². The Hall–Kier alpha value is -3.23. The second kappa shape index (κ2) is 9.95. The van der Waals surface area contributed by atoms with Crippen molar-refractivity contribution in [3.05, 3.63) is 64.1 Å². The van der Waals surface area contributed by atoms with Crippen molar-refractivity contribution in [2.24, 2.45) is 5.73 Å². The van der Waals surface area contributed by atoms with Gasteiger partial charge in [-0.1, -0.05) is 44.0 Å². The SMILES string of the molecule is CCc1c(C(=O)C(N)O)c2c(OCC(=O)O)nc(C)cn2c1Cc1ccccc1C1CCCC1. The number of aliphatic carboxylic acids is 1. The molecular formula is C26H31N3O5. The molecule has 3 aromatic rings. The second-order valence-corrected chi connectivity index (χ2v) is 8.91. The molecule has 1 aliphatic carbocycles. The first kappa shape index (κ1) is 23.9. The third-order valence-electron chi connectivity index (χ3n) is 6.62. The molecule has 0 radical (unpaired) electrons. The van der Waals surface area contributed by atoms with Crippen LogP contribution in [-0.4, -0.2) is 44.2 Å². The van der Waals surface area contributed by atoms with Crippen molar-refractivity contribution in [3.63, 3.8) is 0 Å². The number of hydrogen-bond donors (Lipinski definition) is 3. The number of benzene rings is 1. The van der Waals surface area contributed by atoms with E-state index in [0.29, 0.717) is 30.0 Å². The molecule has 1 aliphatic rings. The van der Waals surface area contributed by atoms with Crippen LogP contribution in [0, 0.1) is 6.92 Å². The largest absolute Gasteiger partial charge is 0.479 e. The molecule has 0 saturated heterocycles. The van der Waals surface area contributed by atoms with Crippen molar-refractivity contribution >= 4 is 17.3 Å². The lowest BCUT2D eigenvalue weighted by atomic mass is 9.90. The Morgan fingerprint density at radius 3 is 2.62 bits per heavy atom. The maximum atomic E-state index is 13.1. The summed E-state index contributed by atoms with van der Waals surface area (Å²) in [7, 11) is 0. The zero-order chi connectivity index (χ0) is 24.4. The first-order valence-corrected chi connectivity index (χ1v) is 11.8. The van der Waals surface area contributed by atoms with E-state index in [9.17, 15) is 14.7 Å². The number of aliphatic hydroxyl groups excluding tert-OH is 1. The molecule has 8 heteroatoms. The Kier molecular flexibility index (Phi) is 7.00. The molecule has 1 aromatic carbocycles. The molecule has 1 saturated carbocycles. The second-order valence-electron chi connectivity index (χ2n) is 8.91. The average molecular weight is 466 g/mol. The quantitative estimate of drug-likeness (QED) is 0.326. The molecule has 1 unspecified atom stereocenters. The molecule has 34 heavy (non-hydrogen) atoms. The minimum Gasteiger partial charge on any atom is -0.479 e. The number of nitrogens with zero attached hydrogens (tertiary/aromatic N) is 2. The Balaban J connectivity index is 1.94. The molecule has 0 amide bonds. The normalized spacial score (nSPS) is 15.1. The number of carbonyl (C=O) groups excluding carboxylic acids is 1. The van der Waals surface area contributed by atoms with Crippen LogP contribution in [0.25, 0.3) is 5.52 Å². The summed E-state index contributed by atoms with van der Waals surface area (Å²) >= 11 is 0. The van der Waals surface area contributed by atoms with Gasteiger partial charge in [0.05, 0.1) is 11.3 Å². The van der Waals surface area contributed by atoms with Crippen LogP contribution < -0.4 is 10.5 Å². The Morgan fingerprint density at radius 1 is 1.26 bits per heavy atom. The van der Waals surface area contributed by atoms with Gasteiger partial charge < -0.3 is 19.4 Å². The van der Waals surface area contributed by atoms with E-state index in [2.05, 4.69) is 23.2 Å². The van der Waals surface area contributed by atoms with E-state index in [1.807, 2.05) is 23.6 Å². The van der Waals surface area contributed by atoms with Gasteiger partial charge in [0.1, 0.15) is 5.52 Å². The monoisotopic (exact) mass is 465 g/mol. The number of carboxylic acids is 1. The predicted molar refractivity (Wildman–Crippen MR) is 127 cm³/mol. The lowest BCUT2D eigenvalue weighted by Gasteiger charge is -2.16. The summed E-state index contributed by atoms with van der Waals surface area (Å²) in [6, 6.07) is 8.41. The zero-order valence-electron chi connectivity index (χ0n) is 19.6. The van der Waals surface area contributed by atoms with Gasteiger partial charge in [0.2, 0.25) is 11.7 Å². The van der Waals surface area contributed by atoms with Gasteiger partial charge in [-0.05, 0) is 48.8 Å². The van der Waals surface area contributed by atoms with Crippen molar-refractivity contribution in [3.8, 4) is 5.88 Å². The first-order chi connectivity index (χ1) is 16.3. The number of aromatic nitrogens is 2. The summed E-state index contributed by atoms with van der Waals surface area (Å²) in [6.07, 6.45) is 6.02. The molecule has 0 spiro atoms. The highest BCUT2D eigenvalue weighted by Gasteiger charge is 2.29. The third-order valence-corrected chi connectivity index (χ3v) is 6.62. The molecule has 4 rings (SSSR count). The molecule has 0 bridgehead atoms. The van der Waals surface area contributed by atoms with Gasteiger partial charge in [0.25, 0.3) is 0 Å². The average Bonchev–Trinajstić information content (AvgIpc) is 3.44. The summed E-state index contributed by atoms with van der Waals surface area (Å²) in [5.74, 6) is -1.23. The fourth-order valence-corrected chi connectivity index (χ4v) is 5.20. The summed E-state index contributed by atoms with van der Waals surface area (Å²) in [6.45, 7) is 3.13. The first-order valence-electron chi connectivity index (χ1n) is 11.8. The van der Waals surface area contributed by atoms with Crippen LogP contribution in [0.3, 0.4) is 0 Å². The molecule has 180 valence electrons. The lowest BCUT2D eigenvalue weighted by molar-refractivity contribution is -0.139. The van der Waals surface area contributed by atoms with Gasteiger partial charge in [-0.25, -0.2) is 9.78 Å². The Labute approximate surface area is 198 Å². The van der Waals surface area contributed by atoms with E-state index in [-0.39, 0.29) is 11.4 Å². The smallest absolute Gasteiger partial charge is 0.341 e. The number of aliphatic hydroxyl groups is 1. The van der Waals surface area contributed by atoms with Crippen LogP contribution in [0.2, 0.25) is 0 Å². The van der Waals surface area contributed by atoms with Crippen LogP contribution >= 0.6 is 0 Å². The molecule has 8 nitrogen and oxygen atoms in total. The highest BCUT2D eigenvalue weighted by atomic mass is 16.5. The van der Waals surface area contributed by atoms with Crippen LogP contribution in [0.15, 0.2) is 30.5 Å². The van der Waals surface area contributed by atoms with Gasteiger partial charge in [-0.3, -0.25) is 10.5 Å². The molecule has 2 aromatic heterocycles. The van der Waals surface area contributed by atoms with Crippen LogP contribution in [0.1, 0.15) is 77.0 Å². The number of carbonyl (C=O) groups is 2. The number of rotatable bonds is 9. The fraction of sp³-hybridized carbons (Fsp3) is 0.423. The Morgan fingerprint density at radius 2 is 1.97 bits per heavy atom. The van der Waals surface area contributed by atoms with Gasteiger partial charge in [0.15, 0.2) is 12.8 Å². The molecular weight excluding hydrogens is 434 g/mol. The van der Waals surface area contributed by atoms with Crippen molar-refractivity contribution < 1.29 is 24.5 Å². The summed E-state index contributed by atoms with van der Waals surface area (Å²) in [5, 5.41) is 19.1. The molecule has 0 aliphatic heterocycles. The predicted octanol–water partition coefficient (Wildman–Crippen LogP) is 3.38. The molecule has 4 N–H and O–H groups in total. The van der Waals surface area contributed by atoms with Gasteiger partial charge in [0, 0.05) is 18.3 Å². The highest BCUT2D eigenvalue weighted by Crippen LogP contribution is 2.38. The Bertz CT molecular complexity index is 1220. The topological polar surface area (TPSA) is 127 Å². The maximum absolute atomic E-state index is 13.1. The van der Waals surface area contributed by atoms with Crippen LogP contribution in [0.5, 0.6) is 5.88 Å².